The van der Waals surface area contributed by atoms with Crippen LogP contribution in [0.1, 0.15) is 40.6 Å². The second-order valence-corrected chi connectivity index (χ2v) is 5.98. The van der Waals surface area contributed by atoms with Gasteiger partial charge in [0, 0.05) is 6.54 Å². The average Bonchev–Trinajstić information content (AvgIpc) is 3.02. The summed E-state index contributed by atoms with van der Waals surface area (Å²) in [7, 11) is 1.63. The molecule has 0 bridgehead atoms. The fourth-order valence-electron chi connectivity index (χ4n) is 3.00. The number of piperidine rings is 1. The number of benzene rings is 1. The molecule has 1 saturated heterocycles. The Morgan fingerprint density at radius 3 is 2.88 bits per heavy atom. The molecule has 136 valence electrons. The molecule has 8 heteroatoms. The van der Waals surface area contributed by atoms with Gasteiger partial charge >= 0.3 is 0 Å². The zero-order valence-corrected chi connectivity index (χ0v) is 15.3. The van der Waals surface area contributed by atoms with Gasteiger partial charge < -0.3 is 15.4 Å². The summed E-state index contributed by atoms with van der Waals surface area (Å²) in [5.74, 6) is 0.574. The van der Waals surface area contributed by atoms with Crippen molar-refractivity contribution >= 4 is 18.3 Å². The quantitative estimate of drug-likeness (QED) is 0.845. The first-order chi connectivity index (χ1) is 11.7. The molecule has 1 aliphatic rings. The van der Waals surface area contributed by atoms with Gasteiger partial charge in [-0.25, -0.2) is 4.68 Å². The molecular weight excluding hydrogens is 342 g/mol. The Kier molecular flexibility index (Phi) is 6.78. The molecule has 1 fully saturated rings. The van der Waals surface area contributed by atoms with Crippen molar-refractivity contribution in [2.24, 2.45) is 0 Å². The van der Waals surface area contributed by atoms with Crippen LogP contribution in [-0.2, 0) is 6.54 Å². The van der Waals surface area contributed by atoms with E-state index in [-0.39, 0.29) is 18.3 Å². The van der Waals surface area contributed by atoms with Crippen molar-refractivity contribution in [3.8, 4) is 5.75 Å². The molecule has 2 aromatic rings. The van der Waals surface area contributed by atoms with Gasteiger partial charge in [0.1, 0.15) is 5.75 Å². The monoisotopic (exact) mass is 365 g/mol. The fourth-order valence-corrected chi connectivity index (χ4v) is 3.00. The van der Waals surface area contributed by atoms with E-state index in [9.17, 15) is 4.79 Å². The van der Waals surface area contributed by atoms with Crippen molar-refractivity contribution in [3.05, 3.63) is 41.2 Å². The second kappa shape index (κ2) is 8.82. The predicted octanol–water partition coefficient (Wildman–Crippen LogP) is 1.87. The van der Waals surface area contributed by atoms with Gasteiger partial charge in [-0.15, -0.1) is 17.5 Å². The minimum absolute atomic E-state index is 0. The maximum absolute atomic E-state index is 12.4. The lowest BCUT2D eigenvalue weighted by Crippen LogP contribution is -2.30. The third kappa shape index (κ3) is 4.49. The first-order valence-corrected chi connectivity index (χ1v) is 8.22. The van der Waals surface area contributed by atoms with E-state index in [1.54, 1.807) is 7.11 Å². The second-order valence-electron chi connectivity index (χ2n) is 5.98. The largest absolute Gasteiger partial charge is 0.497 e. The summed E-state index contributed by atoms with van der Waals surface area (Å²) >= 11 is 0. The Morgan fingerprint density at radius 1 is 1.40 bits per heavy atom. The molecule has 2 heterocycles. The number of amides is 1. The molecule has 0 atom stereocenters. The third-order valence-electron chi connectivity index (χ3n) is 4.38. The smallest absolute Gasteiger partial charge is 0.274 e. The first kappa shape index (κ1) is 19.2. The lowest BCUT2D eigenvalue weighted by molar-refractivity contribution is 0.0945. The molecule has 2 N–H and O–H groups in total. The lowest BCUT2D eigenvalue weighted by Gasteiger charge is -2.23. The van der Waals surface area contributed by atoms with E-state index < -0.39 is 0 Å². The Bertz CT molecular complexity index is 713. The number of ether oxygens (including phenoxy) is 1. The number of methoxy groups -OCH3 is 1. The lowest BCUT2D eigenvalue weighted by atomic mass is 10.1. The van der Waals surface area contributed by atoms with Crippen molar-refractivity contribution in [2.45, 2.75) is 32.4 Å². The van der Waals surface area contributed by atoms with Crippen LogP contribution in [0.5, 0.6) is 5.75 Å². The van der Waals surface area contributed by atoms with Gasteiger partial charge in [0.25, 0.3) is 5.91 Å². The van der Waals surface area contributed by atoms with Crippen LogP contribution in [0.15, 0.2) is 24.3 Å². The van der Waals surface area contributed by atoms with Crippen LogP contribution in [-0.4, -0.2) is 41.1 Å². The van der Waals surface area contributed by atoms with E-state index in [2.05, 4.69) is 20.9 Å². The van der Waals surface area contributed by atoms with Crippen LogP contribution in [0, 0.1) is 6.92 Å². The molecule has 25 heavy (non-hydrogen) atoms. The van der Waals surface area contributed by atoms with E-state index >= 15 is 0 Å². The Hall–Kier alpha value is -2.12. The third-order valence-corrected chi connectivity index (χ3v) is 4.38. The average molecular weight is 366 g/mol. The molecule has 0 unspecified atom stereocenters. The highest BCUT2D eigenvalue weighted by Crippen LogP contribution is 2.20. The summed E-state index contributed by atoms with van der Waals surface area (Å²) < 4.78 is 7.08. The number of aromatic nitrogens is 3. The molecule has 7 nitrogen and oxygen atoms in total. The molecule has 0 radical (unpaired) electrons. The van der Waals surface area contributed by atoms with Gasteiger partial charge in [0.2, 0.25) is 0 Å². The molecule has 1 aromatic carbocycles. The summed E-state index contributed by atoms with van der Waals surface area (Å²) in [5.41, 5.74) is 2.20. The SMILES string of the molecule is COc1cccc(CNC(=O)c2nnn(C3CCNCC3)c2C)c1.Cl. The zero-order valence-electron chi connectivity index (χ0n) is 14.5. The standard InChI is InChI=1S/C17H23N5O2.ClH/c1-12-16(20-21-22(12)14-6-8-18-9-7-14)17(23)19-11-13-4-3-5-15(10-13)24-2;/h3-5,10,14,18H,6-9,11H2,1-2H3,(H,19,23);1H. The van der Waals surface area contributed by atoms with E-state index in [0.29, 0.717) is 18.3 Å². The van der Waals surface area contributed by atoms with E-state index in [1.807, 2.05) is 35.9 Å². The number of hydrogen-bond donors (Lipinski definition) is 2. The highest BCUT2D eigenvalue weighted by atomic mass is 35.5. The number of nitrogens with one attached hydrogen (secondary N) is 2. The maximum atomic E-state index is 12.4. The Balaban J connectivity index is 0.00000225. The number of halogens is 1. The number of carbonyl (C=O) groups excluding carboxylic acids is 1. The zero-order chi connectivity index (χ0) is 16.9. The van der Waals surface area contributed by atoms with Gasteiger partial charge in [-0.2, -0.15) is 0 Å². The van der Waals surface area contributed by atoms with Crippen molar-refractivity contribution < 1.29 is 9.53 Å². The summed E-state index contributed by atoms with van der Waals surface area (Å²) in [6.07, 6.45) is 2.02. The molecular formula is C17H24ClN5O2. The van der Waals surface area contributed by atoms with E-state index in [0.717, 1.165) is 42.9 Å². The van der Waals surface area contributed by atoms with Crippen LogP contribution in [0.2, 0.25) is 0 Å². The summed E-state index contributed by atoms with van der Waals surface area (Å²) in [4.78, 5) is 12.4. The molecule has 0 saturated carbocycles. The van der Waals surface area contributed by atoms with Gasteiger partial charge in [-0.1, -0.05) is 17.3 Å². The first-order valence-electron chi connectivity index (χ1n) is 8.22. The molecule has 1 amide bonds. The Labute approximate surface area is 153 Å². The van der Waals surface area contributed by atoms with Crippen molar-refractivity contribution in [2.75, 3.05) is 20.2 Å². The Morgan fingerprint density at radius 2 is 2.16 bits per heavy atom. The van der Waals surface area contributed by atoms with Crippen LogP contribution in [0.3, 0.4) is 0 Å². The van der Waals surface area contributed by atoms with Crippen LogP contribution in [0.4, 0.5) is 0 Å². The highest BCUT2D eigenvalue weighted by Gasteiger charge is 2.22. The van der Waals surface area contributed by atoms with E-state index in [1.165, 1.54) is 0 Å². The minimum Gasteiger partial charge on any atom is -0.497 e. The summed E-state index contributed by atoms with van der Waals surface area (Å²) in [6, 6.07) is 7.94. The van der Waals surface area contributed by atoms with Gasteiger partial charge in [-0.3, -0.25) is 4.79 Å². The summed E-state index contributed by atoms with van der Waals surface area (Å²) in [6.45, 7) is 4.28. The highest BCUT2D eigenvalue weighted by molar-refractivity contribution is 5.93. The number of hydrogen-bond acceptors (Lipinski definition) is 5. The number of carbonyl (C=O) groups is 1. The van der Waals surface area contributed by atoms with Gasteiger partial charge in [-0.05, 0) is 50.6 Å². The summed E-state index contributed by atoms with van der Waals surface area (Å²) in [5, 5.41) is 14.5. The normalized spacial score (nSPS) is 14.6. The van der Waals surface area contributed by atoms with Gasteiger partial charge in [0.15, 0.2) is 5.69 Å². The van der Waals surface area contributed by atoms with Crippen molar-refractivity contribution in [3.63, 3.8) is 0 Å². The van der Waals surface area contributed by atoms with Crippen molar-refractivity contribution in [1.82, 2.24) is 25.6 Å². The fraction of sp³-hybridized carbons (Fsp3) is 0.471. The maximum Gasteiger partial charge on any atom is 0.274 e. The molecule has 1 aromatic heterocycles. The van der Waals surface area contributed by atoms with Gasteiger partial charge in [0.05, 0.1) is 18.8 Å². The van der Waals surface area contributed by atoms with Crippen molar-refractivity contribution in [1.29, 1.82) is 0 Å². The molecule has 0 spiro atoms. The van der Waals surface area contributed by atoms with Crippen LogP contribution in [0.25, 0.3) is 0 Å². The van der Waals surface area contributed by atoms with Crippen LogP contribution >= 0.6 is 12.4 Å². The minimum atomic E-state index is -0.199. The molecule has 0 aliphatic carbocycles. The predicted molar refractivity (Wildman–Crippen MR) is 97.3 cm³/mol. The molecule has 3 rings (SSSR count). The molecule has 1 aliphatic heterocycles. The number of rotatable bonds is 5. The topological polar surface area (TPSA) is 81.1 Å². The van der Waals surface area contributed by atoms with Crippen LogP contribution < -0.4 is 15.4 Å². The number of nitrogens with zero attached hydrogens (tertiary/aromatic N) is 3. The van der Waals surface area contributed by atoms with E-state index in [4.69, 9.17) is 4.74 Å².